The molecule has 172 valence electrons. The number of benzene rings is 2. The Balaban J connectivity index is 1.77. The number of halogens is 1. The third-order valence-corrected chi connectivity index (χ3v) is 5.47. The van der Waals surface area contributed by atoms with Crippen molar-refractivity contribution in [3.8, 4) is 0 Å². The lowest BCUT2D eigenvalue weighted by molar-refractivity contribution is -0.153. The van der Waals surface area contributed by atoms with E-state index in [2.05, 4.69) is 17.1 Å². The zero-order chi connectivity index (χ0) is 23.5. The minimum absolute atomic E-state index is 0.154. The fourth-order valence-electron chi connectivity index (χ4n) is 3.97. The van der Waals surface area contributed by atoms with Crippen molar-refractivity contribution in [2.24, 2.45) is 0 Å². The van der Waals surface area contributed by atoms with Gasteiger partial charge in [0.2, 0.25) is 0 Å². The number of nitrogens with one attached hydrogen (secondary N) is 1. The summed E-state index contributed by atoms with van der Waals surface area (Å²) in [5.74, 6) is -1.37. The van der Waals surface area contributed by atoms with Gasteiger partial charge >= 0.3 is 5.97 Å². The van der Waals surface area contributed by atoms with Crippen LogP contribution in [0.4, 0.5) is 21.5 Å². The van der Waals surface area contributed by atoms with Gasteiger partial charge < -0.3 is 20.7 Å². The number of anilines is 3. The van der Waals surface area contributed by atoms with E-state index in [-0.39, 0.29) is 12.3 Å². The number of rotatable bonds is 5. The molecular formula is C25H32FN3O3. The third-order valence-electron chi connectivity index (χ3n) is 5.47. The molecule has 6 nitrogen and oxygen atoms in total. The van der Waals surface area contributed by atoms with Gasteiger partial charge in [-0.2, -0.15) is 0 Å². The summed E-state index contributed by atoms with van der Waals surface area (Å²) in [6.07, 6.45) is 3.30. The molecule has 1 amide bonds. The van der Waals surface area contributed by atoms with E-state index < -0.39 is 17.4 Å². The maximum atomic E-state index is 13.8. The van der Waals surface area contributed by atoms with E-state index >= 15 is 0 Å². The maximum Gasteiger partial charge on any atom is 0.310 e. The fraction of sp³-hybridized carbons (Fsp3) is 0.440. The molecule has 0 radical (unpaired) electrons. The average Bonchev–Trinajstić information content (AvgIpc) is 2.69. The lowest BCUT2D eigenvalue weighted by atomic mass is 10.0. The van der Waals surface area contributed by atoms with E-state index in [1.807, 2.05) is 6.07 Å². The number of nitrogens with zero attached hydrogens (tertiary/aromatic N) is 1. The smallest absolute Gasteiger partial charge is 0.310 e. The Labute approximate surface area is 188 Å². The Morgan fingerprint density at radius 2 is 1.94 bits per heavy atom. The molecule has 0 spiro atoms. The van der Waals surface area contributed by atoms with Gasteiger partial charge in [0, 0.05) is 23.8 Å². The fourth-order valence-corrected chi connectivity index (χ4v) is 3.97. The van der Waals surface area contributed by atoms with Gasteiger partial charge in [-0.15, -0.1) is 0 Å². The molecule has 1 saturated heterocycles. The van der Waals surface area contributed by atoms with E-state index in [1.54, 1.807) is 32.9 Å². The minimum Gasteiger partial charge on any atom is -0.460 e. The lowest BCUT2D eigenvalue weighted by Gasteiger charge is -2.36. The molecule has 0 bridgehead atoms. The van der Waals surface area contributed by atoms with Crippen LogP contribution in [0.25, 0.3) is 0 Å². The standard InChI is InChI=1S/C25H32FN3O3/c1-16-7-5-6-12-29(16)22-11-8-17(14-20(22)27)24(31)28-21-10-9-19(26)13-18(21)15-23(30)32-25(2,3)4/h8-11,13-14,16H,5-7,12,15,27H2,1-4H3,(H,28,31)/t16-/m1/s1. The number of amides is 1. The third kappa shape index (κ3) is 5.99. The summed E-state index contributed by atoms with van der Waals surface area (Å²) in [5, 5.41) is 2.77. The largest absolute Gasteiger partial charge is 0.460 e. The summed E-state index contributed by atoms with van der Waals surface area (Å²) in [7, 11) is 0. The summed E-state index contributed by atoms with van der Waals surface area (Å²) in [6.45, 7) is 8.41. The van der Waals surface area contributed by atoms with Crippen LogP contribution in [0, 0.1) is 5.82 Å². The number of ether oxygens (including phenoxy) is 1. The van der Waals surface area contributed by atoms with Gasteiger partial charge in [-0.1, -0.05) is 0 Å². The van der Waals surface area contributed by atoms with Crippen molar-refractivity contribution in [1.29, 1.82) is 0 Å². The average molecular weight is 442 g/mol. The first kappa shape index (κ1) is 23.6. The highest BCUT2D eigenvalue weighted by Gasteiger charge is 2.22. The van der Waals surface area contributed by atoms with Gasteiger partial charge in [-0.3, -0.25) is 9.59 Å². The molecule has 1 aliphatic heterocycles. The zero-order valence-corrected chi connectivity index (χ0v) is 19.2. The second kappa shape index (κ2) is 9.59. The Morgan fingerprint density at radius 1 is 1.19 bits per heavy atom. The van der Waals surface area contributed by atoms with Crippen LogP contribution in [0.5, 0.6) is 0 Å². The Hall–Kier alpha value is -3.09. The summed E-state index contributed by atoms with van der Waals surface area (Å²) in [6, 6.07) is 9.58. The Morgan fingerprint density at radius 3 is 2.59 bits per heavy atom. The summed E-state index contributed by atoms with van der Waals surface area (Å²) in [5.41, 5.74) is 8.20. The number of carbonyl (C=O) groups excluding carboxylic acids is 2. The molecule has 3 rings (SSSR count). The second-order valence-electron chi connectivity index (χ2n) is 9.33. The highest BCUT2D eigenvalue weighted by Crippen LogP contribution is 2.30. The van der Waals surface area contributed by atoms with Gasteiger partial charge in [-0.25, -0.2) is 4.39 Å². The maximum absolute atomic E-state index is 13.8. The number of hydrogen-bond acceptors (Lipinski definition) is 5. The highest BCUT2D eigenvalue weighted by molar-refractivity contribution is 6.06. The number of esters is 1. The predicted octanol–water partition coefficient (Wildman–Crippen LogP) is 4.92. The molecule has 0 saturated carbocycles. The first-order chi connectivity index (χ1) is 15.0. The van der Waals surface area contributed by atoms with Crippen LogP contribution < -0.4 is 16.0 Å². The van der Waals surface area contributed by atoms with E-state index in [1.165, 1.54) is 24.6 Å². The molecule has 1 atom stereocenters. The Kier molecular flexibility index (Phi) is 7.06. The van der Waals surface area contributed by atoms with Crippen LogP contribution in [0.1, 0.15) is 62.9 Å². The second-order valence-corrected chi connectivity index (χ2v) is 9.33. The molecule has 3 N–H and O–H groups in total. The molecule has 1 aliphatic rings. The molecule has 7 heteroatoms. The quantitative estimate of drug-likeness (QED) is 0.508. The van der Waals surface area contributed by atoms with Gasteiger partial charge in [0.25, 0.3) is 5.91 Å². The van der Waals surface area contributed by atoms with Crippen LogP contribution in [0.2, 0.25) is 0 Å². The van der Waals surface area contributed by atoms with Crippen LogP contribution in [0.3, 0.4) is 0 Å². The van der Waals surface area contributed by atoms with Gasteiger partial charge in [-0.05, 0) is 88.9 Å². The summed E-state index contributed by atoms with van der Waals surface area (Å²) < 4.78 is 19.1. The molecule has 0 aliphatic carbocycles. The SMILES string of the molecule is C[C@@H]1CCCCN1c1ccc(C(=O)Nc2ccc(F)cc2CC(=O)OC(C)(C)C)cc1N. The normalized spacial score (nSPS) is 16.5. The molecule has 2 aromatic rings. The van der Waals surface area contributed by atoms with Crippen molar-refractivity contribution in [3.05, 3.63) is 53.3 Å². The number of carbonyl (C=O) groups is 2. The topological polar surface area (TPSA) is 84.7 Å². The van der Waals surface area contributed by atoms with Gasteiger partial charge in [0.05, 0.1) is 17.8 Å². The van der Waals surface area contributed by atoms with Crippen molar-refractivity contribution in [1.82, 2.24) is 0 Å². The highest BCUT2D eigenvalue weighted by atomic mass is 19.1. The summed E-state index contributed by atoms with van der Waals surface area (Å²) in [4.78, 5) is 27.4. The molecule has 32 heavy (non-hydrogen) atoms. The van der Waals surface area contributed by atoms with E-state index in [9.17, 15) is 14.0 Å². The van der Waals surface area contributed by atoms with E-state index in [0.717, 1.165) is 25.1 Å². The zero-order valence-electron chi connectivity index (χ0n) is 19.2. The molecule has 0 aromatic heterocycles. The van der Waals surface area contributed by atoms with E-state index in [4.69, 9.17) is 10.5 Å². The van der Waals surface area contributed by atoms with Crippen molar-refractivity contribution in [2.45, 2.75) is 65.0 Å². The molecule has 1 heterocycles. The Bertz CT molecular complexity index is 1000. The van der Waals surface area contributed by atoms with E-state index in [0.29, 0.717) is 28.5 Å². The van der Waals surface area contributed by atoms with Crippen molar-refractivity contribution in [3.63, 3.8) is 0 Å². The molecule has 1 fully saturated rings. The first-order valence-corrected chi connectivity index (χ1v) is 11.0. The van der Waals surface area contributed by atoms with Crippen molar-refractivity contribution < 1.29 is 18.7 Å². The van der Waals surface area contributed by atoms with Crippen LogP contribution in [0.15, 0.2) is 36.4 Å². The number of nitrogen functional groups attached to an aromatic ring is 1. The monoisotopic (exact) mass is 441 g/mol. The van der Waals surface area contributed by atoms with Crippen LogP contribution in [-0.4, -0.2) is 30.1 Å². The first-order valence-electron chi connectivity index (χ1n) is 11.0. The minimum atomic E-state index is -0.654. The number of hydrogen-bond donors (Lipinski definition) is 2. The van der Waals surface area contributed by atoms with Gasteiger partial charge in [0.15, 0.2) is 0 Å². The van der Waals surface area contributed by atoms with Crippen LogP contribution >= 0.6 is 0 Å². The van der Waals surface area contributed by atoms with Crippen molar-refractivity contribution >= 4 is 28.9 Å². The number of nitrogens with two attached hydrogens (primary N) is 1. The molecular weight excluding hydrogens is 409 g/mol. The predicted molar refractivity (Wildman–Crippen MR) is 125 cm³/mol. The van der Waals surface area contributed by atoms with Crippen LogP contribution in [-0.2, 0) is 16.0 Å². The van der Waals surface area contributed by atoms with Crippen molar-refractivity contribution in [2.75, 3.05) is 22.5 Å². The molecule has 0 unspecified atom stereocenters. The lowest BCUT2D eigenvalue weighted by Crippen LogP contribution is -2.37. The summed E-state index contributed by atoms with van der Waals surface area (Å²) >= 11 is 0. The molecule has 2 aromatic carbocycles. The number of piperidine rings is 1. The van der Waals surface area contributed by atoms with Gasteiger partial charge in [0.1, 0.15) is 11.4 Å².